The van der Waals surface area contributed by atoms with Gasteiger partial charge in [0.25, 0.3) is 11.5 Å². The number of nitrogens with two attached hydrogens (primary N) is 1. The molecule has 2 aromatic carbocycles. The fourth-order valence-electron chi connectivity index (χ4n) is 3.21. The van der Waals surface area contributed by atoms with Crippen LogP contribution in [0.2, 0.25) is 10.0 Å². The number of hydrogen-bond acceptors (Lipinski definition) is 5. The smallest absolute Gasteiger partial charge is 0.374 e. The number of benzene rings is 2. The number of nitriles is 1. The van der Waals surface area contributed by atoms with Crippen molar-refractivity contribution in [3.63, 3.8) is 0 Å². The highest BCUT2D eigenvalue weighted by molar-refractivity contribution is 6.34. The number of carbonyl (C=O) groups excluding carboxylic acids is 1. The third kappa shape index (κ3) is 4.49. The lowest BCUT2D eigenvalue weighted by Crippen LogP contribution is -2.42. The van der Waals surface area contributed by atoms with Crippen molar-refractivity contribution in [2.75, 3.05) is 0 Å². The van der Waals surface area contributed by atoms with Crippen molar-refractivity contribution in [3.8, 4) is 6.19 Å². The van der Waals surface area contributed by atoms with Gasteiger partial charge >= 0.3 is 6.18 Å². The largest absolute Gasteiger partial charge is 0.435 e. The second-order valence-corrected chi connectivity index (χ2v) is 7.74. The molecule has 1 unspecified atom stereocenters. The number of oxime groups is 1. The molecule has 12 heteroatoms. The Morgan fingerprint density at radius 3 is 2.50 bits per heavy atom. The molecule has 7 nitrogen and oxygen atoms in total. The number of aryl methyl sites for hydroxylation is 1. The zero-order chi connectivity index (χ0) is 23.7. The Balaban J connectivity index is 1.92. The summed E-state index contributed by atoms with van der Waals surface area (Å²) in [6.45, 7) is 1.58. The summed E-state index contributed by atoms with van der Waals surface area (Å²) in [7, 11) is 0. The van der Waals surface area contributed by atoms with E-state index in [2.05, 4.69) is 15.5 Å². The molecule has 1 amide bonds. The summed E-state index contributed by atoms with van der Waals surface area (Å²) in [5, 5.41) is 14.4. The van der Waals surface area contributed by atoms with E-state index >= 15 is 0 Å². The van der Waals surface area contributed by atoms with Crippen LogP contribution in [-0.4, -0.2) is 23.8 Å². The number of guanidine groups is 1. The summed E-state index contributed by atoms with van der Waals surface area (Å²) >= 11 is 11.8. The Morgan fingerprint density at radius 1 is 1.28 bits per heavy atom. The molecule has 1 aliphatic heterocycles. The maximum absolute atomic E-state index is 14.1. The Labute approximate surface area is 190 Å². The Morgan fingerprint density at radius 2 is 1.94 bits per heavy atom. The average molecular weight is 484 g/mol. The van der Waals surface area contributed by atoms with Crippen LogP contribution in [0, 0.1) is 18.4 Å². The topological polar surface area (TPSA) is 113 Å². The zero-order valence-electron chi connectivity index (χ0n) is 16.3. The molecule has 0 saturated carbocycles. The highest BCUT2D eigenvalue weighted by atomic mass is 35.5. The number of alkyl halides is 3. The number of amides is 1. The number of aliphatic imine (C=N–C) groups is 1. The lowest BCUT2D eigenvalue weighted by atomic mass is 9.86. The van der Waals surface area contributed by atoms with Crippen LogP contribution >= 0.6 is 23.2 Å². The van der Waals surface area contributed by atoms with E-state index in [0.717, 1.165) is 12.1 Å². The van der Waals surface area contributed by atoms with Crippen LogP contribution in [0.5, 0.6) is 0 Å². The Hall–Kier alpha value is -3.29. The standard InChI is InChI=1S/C20H14Cl2F3N5O2/c1-10-4-11(2-3-15(10)17(31)29-18(27)28-9-26)16-8-19(32-30-16,20(23,24)25)12-5-13(21)7-14(22)6-12/h2-7H,8H2,1H3,(H3,27,28,29,31). The normalized spacial score (nSPS) is 18.5. The van der Waals surface area contributed by atoms with Gasteiger partial charge < -0.3 is 10.6 Å². The molecule has 3 N–H and O–H groups in total. The molecular weight excluding hydrogens is 470 g/mol. The van der Waals surface area contributed by atoms with Gasteiger partial charge in [-0.15, -0.1) is 4.99 Å². The average Bonchev–Trinajstić information content (AvgIpc) is 3.14. The van der Waals surface area contributed by atoms with E-state index in [1.54, 1.807) is 6.92 Å². The van der Waals surface area contributed by atoms with E-state index in [1.807, 2.05) is 0 Å². The van der Waals surface area contributed by atoms with Crippen molar-refractivity contribution in [3.05, 3.63) is 68.7 Å². The molecular formula is C20H14Cl2F3N5O2. The number of hydrogen-bond donors (Lipinski definition) is 2. The summed E-state index contributed by atoms with van der Waals surface area (Å²) in [4.78, 5) is 20.4. The fraction of sp³-hybridized carbons (Fsp3) is 0.200. The molecule has 0 fully saturated rings. The third-order valence-electron chi connectivity index (χ3n) is 4.73. The van der Waals surface area contributed by atoms with Gasteiger partial charge in [0, 0.05) is 27.6 Å². The molecule has 32 heavy (non-hydrogen) atoms. The Kier molecular flexibility index (Phi) is 6.34. The zero-order valence-corrected chi connectivity index (χ0v) is 17.8. The van der Waals surface area contributed by atoms with E-state index < -0.39 is 24.1 Å². The monoisotopic (exact) mass is 483 g/mol. The summed E-state index contributed by atoms with van der Waals surface area (Å²) in [5.41, 5.74) is 3.32. The van der Waals surface area contributed by atoms with Gasteiger partial charge in [0.15, 0.2) is 0 Å². The maximum atomic E-state index is 14.1. The predicted molar refractivity (Wildman–Crippen MR) is 112 cm³/mol. The van der Waals surface area contributed by atoms with Crippen LogP contribution in [-0.2, 0) is 10.4 Å². The highest BCUT2D eigenvalue weighted by Crippen LogP contribution is 2.49. The van der Waals surface area contributed by atoms with Gasteiger partial charge in [-0.25, -0.2) is 0 Å². The van der Waals surface area contributed by atoms with E-state index in [0.29, 0.717) is 11.1 Å². The molecule has 0 radical (unpaired) electrons. The van der Waals surface area contributed by atoms with Crippen molar-refractivity contribution in [1.29, 1.82) is 5.26 Å². The number of halogens is 5. The van der Waals surface area contributed by atoms with Crippen LogP contribution in [0.4, 0.5) is 13.2 Å². The van der Waals surface area contributed by atoms with Gasteiger partial charge in [-0.1, -0.05) is 34.4 Å². The van der Waals surface area contributed by atoms with Crippen LogP contribution in [0.1, 0.15) is 33.5 Å². The van der Waals surface area contributed by atoms with Gasteiger partial charge in [-0.05, 0) is 48.4 Å². The molecule has 1 aliphatic rings. The minimum atomic E-state index is -4.82. The SMILES string of the molecule is Cc1cc(C2=NOC(c3cc(Cl)cc(Cl)c3)(C(F)(F)F)C2)ccc1C(=O)NC(N)=NC#N. The fourth-order valence-corrected chi connectivity index (χ4v) is 3.73. The number of carbonyl (C=O) groups is 1. The maximum Gasteiger partial charge on any atom is 0.435 e. The molecule has 0 aliphatic carbocycles. The molecule has 0 aromatic heterocycles. The summed E-state index contributed by atoms with van der Waals surface area (Å²) in [6, 6.07) is 7.89. The second kappa shape index (κ2) is 8.68. The van der Waals surface area contributed by atoms with Crippen LogP contribution < -0.4 is 11.1 Å². The number of nitrogens with one attached hydrogen (secondary N) is 1. The highest BCUT2D eigenvalue weighted by Gasteiger charge is 2.62. The van der Waals surface area contributed by atoms with Crippen molar-refractivity contribution in [1.82, 2.24) is 5.32 Å². The molecule has 1 atom stereocenters. The second-order valence-electron chi connectivity index (χ2n) is 6.87. The molecule has 0 saturated heterocycles. The van der Waals surface area contributed by atoms with Crippen LogP contribution in [0.15, 0.2) is 46.5 Å². The molecule has 1 heterocycles. The van der Waals surface area contributed by atoms with E-state index in [1.165, 1.54) is 30.5 Å². The van der Waals surface area contributed by atoms with Gasteiger partial charge in [0.2, 0.25) is 12.2 Å². The lowest BCUT2D eigenvalue weighted by Gasteiger charge is -2.29. The van der Waals surface area contributed by atoms with Crippen molar-refractivity contribution >= 4 is 40.8 Å². The third-order valence-corrected chi connectivity index (χ3v) is 5.17. The summed E-state index contributed by atoms with van der Waals surface area (Å²) < 4.78 is 42.3. The van der Waals surface area contributed by atoms with Crippen LogP contribution in [0.25, 0.3) is 0 Å². The molecule has 3 rings (SSSR count). The number of rotatable bonds is 3. The van der Waals surface area contributed by atoms with E-state index in [4.69, 9.17) is 39.0 Å². The first-order valence-electron chi connectivity index (χ1n) is 8.90. The van der Waals surface area contributed by atoms with Crippen molar-refractivity contribution in [2.45, 2.75) is 25.1 Å². The summed E-state index contributed by atoms with van der Waals surface area (Å²) in [6.07, 6.45) is -4.01. The first kappa shape index (κ1) is 23.4. The first-order valence-corrected chi connectivity index (χ1v) is 9.65. The van der Waals surface area contributed by atoms with Gasteiger partial charge in [-0.2, -0.15) is 18.4 Å². The molecule has 0 bridgehead atoms. The van der Waals surface area contributed by atoms with E-state index in [9.17, 15) is 18.0 Å². The van der Waals surface area contributed by atoms with Crippen molar-refractivity contribution in [2.24, 2.45) is 15.9 Å². The molecule has 0 spiro atoms. The quantitative estimate of drug-likeness (QED) is 0.382. The van der Waals surface area contributed by atoms with Gasteiger partial charge in [0.05, 0.1) is 5.71 Å². The molecule has 2 aromatic rings. The van der Waals surface area contributed by atoms with Gasteiger partial charge in [-0.3, -0.25) is 10.1 Å². The summed E-state index contributed by atoms with van der Waals surface area (Å²) in [5.74, 6) is -1.02. The first-order chi connectivity index (χ1) is 15.0. The molecule has 166 valence electrons. The predicted octanol–water partition coefficient (Wildman–Crippen LogP) is 4.41. The van der Waals surface area contributed by atoms with Crippen LogP contribution in [0.3, 0.4) is 0 Å². The minimum Gasteiger partial charge on any atom is -0.374 e. The minimum absolute atomic E-state index is 0.0265. The Bertz CT molecular complexity index is 1170. The van der Waals surface area contributed by atoms with Gasteiger partial charge in [0.1, 0.15) is 0 Å². The number of nitrogens with zero attached hydrogens (tertiary/aromatic N) is 3. The van der Waals surface area contributed by atoms with Crippen molar-refractivity contribution < 1.29 is 22.8 Å². The van der Waals surface area contributed by atoms with E-state index in [-0.39, 0.29) is 32.8 Å². The lowest BCUT2D eigenvalue weighted by molar-refractivity contribution is -0.275.